The monoisotopic (exact) mass is 465 g/mol. The first-order valence-electron chi connectivity index (χ1n) is 6.45. The smallest absolute Gasteiger partial charge is 0.326 e. The summed E-state index contributed by atoms with van der Waals surface area (Å²) in [6.45, 7) is -0.415. The fraction of sp³-hybridized carbons (Fsp3) is 0.133. The first-order chi connectivity index (χ1) is 10.8. The Hall–Kier alpha value is -1.32. The van der Waals surface area contributed by atoms with Gasteiger partial charge < -0.3 is 4.74 Å². The SMILES string of the molecule is COC(=O)CN(c1cccc(I)c1)S(=O)(=O)c1ccc(Cl)cc1. The quantitative estimate of drug-likeness (QED) is 0.502. The highest BCUT2D eigenvalue weighted by atomic mass is 127. The van der Waals surface area contributed by atoms with Gasteiger partial charge in [-0.25, -0.2) is 8.42 Å². The van der Waals surface area contributed by atoms with E-state index < -0.39 is 22.5 Å². The highest BCUT2D eigenvalue weighted by Crippen LogP contribution is 2.26. The number of anilines is 1. The van der Waals surface area contributed by atoms with Gasteiger partial charge in [0.05, 0.1) is 17.7 Å². The van der Waals surface area contributed by atoms with Crippen LogP contribution in [0.3, 0.4) is 0 Å². The molecule has 0 fully saturated rings. The maximum atomic E-state index is 12.9. The number of hydrogen-bond donors (Lipinski definition) is 0. The van der Waals surface area contributed by atoms with Gasteiger partial charge in [0.1, 0.15) is 6.54 Å². The van der Waals surface area contributed by atoms with Gasteiger partial charge in [-0.1, -0.05) is 17.7 Å². The molecular formula is C15H13ClINO4S. The molecule has 2 aromatic carbocycles. The molecule has 0 radical (unpaired) electrons. The van der Waals surface area contributed by atoms with Crippen molar-refractivity contribution >= 4 is 55.9 Å². The van der Waals surface area contributed by atoms with Gasteiger partial charge in [0.25, 0.3) is 10.0 Å². The molecule has 0 aliphatic rings. The number of carbonyl (C=O) groups is 1. The summed E-state index contributed by atoms with van der Waals surface area (Å²) in [4.78, 5) is 11.7. The van der Waals surface area contributed by atoms with E-state index in [1.807, 2.05) is 6.07 Å². The van der Waals surface area contributed by atoms with Crippen LogP contribution >= 0.6 is 34.2 Å². The number of sulfonamides is 1. The van der Waals surface area contributed by atoms with Crippen LogP contribution in [0.15, 0.2) is 53.4 Å². The van der Waals surface area contributed by atoms with Crippen LogP contribution in [0.2, 0.25) is 5.02 Å². The third-order valence-electron chi connectivity index (χ3n) is 3.00. The molecule has 2 rings (SSSR count). The van der Waals surface area contributed by atoms with Crippen LogP contribution in [0.5, 0.6) is 0 Å². The summed E-state index contributed by atoms with van der Waals surface area (Å²) in [5.74, 6) is -0.651. The molecule has 0 aromatic heterocycles. The molecule has 0 bridgehead atoms. The van der Waals surface area contributed by atoms with Gasteiger partial charge in [-0.3, -0.25) is 9.10 Å². The Balaban J connectivity index is 2.51. The molecule has 8 heteroatoms. The molecule has 0 amide bonds. The summed E-state index contributed by atoms with van der Waals surface area (Å²) in [5, 5.41) is 0.428. The fourth-order valence-corrected chi connectivity index (χ4v) is 3.92. The highest BCUT2D eigenvalue weighted by Gasteiger charge is 2.27. The van der Waals surface area contributed by atoms with Crippen molar-refractivity contribution in [3.05, 3.63) is 57.1 Å². The van der Waals surface area contributed by atoms with Crippen molar-refractivity contribution in [2.45, 2.75) is 4.90 Å². The maximum absolute atomic E-state index is 12.9. The maximum Gasteiger partial charge on any atom is 0.326 e. The third-order valence-corrected chi connectivity index (χ3v) is 5.71. The zero-order valence-corrected chi connectivity index (χ0v) is 15.8. The van der Waals surface area contributed by atoms with Gasteiger partial charge in [0.2, 0.25) is 0 Å². The predicted molar refractivity (Wildman–Crippen MR) is 97.2 cm³/mol. The molecule has 0 aliphatic heterocycles. The summed E-state index contributed by atoms with van der Waals surface area (Å²) >= 11 is 7.88. The van der Waals surface area contributed by atoms with Gasteiger partial charge in [0.15, 0.2) is 0 Å². The standard InChI is InChI=1S/C15H13ClINO4S/c1-22-15(19)10-18(13-4-2-3-12(17)9-13)23(20,21)14-7-5-11(16)6-8-14/h2-9H,10H2,1H3. The zero-order chi connectivity index (χ0) is 17.0. The molecule has 0 unspecified atom stereocenters. The number of hydrogen-bond acceptors (Lipinski definition) is 4. The number of carbonyl (C=O) groups excluding carboxylic acids is 1. The third kappa shape index (κ3) is 4.36. The summed E-state index contributed by atoms with van der Waals surface area (Å²) in [6, 6.07) is 12.6. The molecule has 0 spiro atoms. The number of nitrogens with zero attached hydrogens (tertiary/aromatic N) is 1. The van der Waals surface area contributed by atoms with Gasteiger partial charge in [-0.15, -0.1) is 0 Å². The lowest BCUT2D eigenvalue weighted by Gasteiger charge is -2.23. The van der Waals surface area contributed by atoms with Crippen LogP contribution in [0.4, 0.5) is 5.69 Å². The minimum absolute atomic E-state index is 0.0460. The summed E-state index contributed by atoms with van der Waals surface area (Å²) < 4.78 is 32.2. The average molecular weight is 466 g/mol. The number of esters is 1. The Kier molecular flexibility index (Phi) is 5.88. The summed E-state index contributed by atoms with van der Waals surface area (Å²) in [7, 11) is -2.71. The molecule has 2 aromatic rings. The minimum Gasteiger partial charge on any atom is -0.468 e. The van der Waals surface area contributed by atoms with E-state index in [0.29, 0.717) is 10.7 Å². The fourth-order valence-electron chi connectivity index (χ4n) is 1.86. The van der Waals surface area contributed by atoms with Crippen molar-refractivity contribution in [1.82, 2.24) is 0 Å². The Morgan fingerprint density at radius 2 is 1.87 bits per heavy atom. The first-order valence-corrected chi connectivity index (χ1v) is 9.35. The molecule has 23 heavy (non-hydrogen) atoms. The molecule has 5 nitrogen and oxygen atoms in total. The molecule has 0 saturated carbocycles. The number of methoxy groups -OCH3 is 1. The van der Waals surface area contributed by atoms with Crippen molar-refractivity contribution in [3.8, 4) is 0 Å². The lowest BCUT2D eigenvalue weighted by atomic mass is 10.3. The Labute approximate surface area is 153 Å². The van der Waals surface area contributed by atoms with Crippen molar-refractivity contribution in [2.75, 3.05) is 18.0 Å². The van der Waals surface area contributed by atoms with Crippen molar-refractivity contribution in [1.29, 1.82) is 0 Å². The van der Waals surface area contributed by atoms with Crippen molar-refractivity contribution < 1.29 is 17.9 Å². The lowest BCUT2D eigenvalue weighted by Crippen LogP contribution is -2.36. The topological polar surface area (TPSA) is 63.7 Å². The minimum atomic E-state index is -3.92. The number of benzene rings is 2. The highest BCUT2D eigenvalue weighted by molar-refractivity contribution is 14.1. The van der Waals surface area contributed by atoms with Crippen molar-refractivity contribution in [3.63, 3.8) is 0 Å². The van der Waals surface area contributed by atoms with E-state index >= 15 is 0 Å². The number of ether oxygens (including phenoxy) is 1. The largest absolute Gasteiger partial charge is 0.468 e. The van der Waals surface area contributed by atoms with Crippen LogP contribution in [0, 0.1) is 3.57 Å². The van der Waals surface area contributed by atoms with Gasteiger partial charge in [0, 0.05) is 8.59 Å². The van der Waals surface area contributed by atoms with Crippen LogP contribution in [-0.2, 0) is 19.6 Å². The second-order valence-corrected chi connectivity index (χ2v) is 8.07. The molecule has 0 aliphatic carbocycles. The van der Waals surface area contributed by atoms with E-state index in [1.165, 1.54) is 31.4 Å². The van der Waals surface area contributed by atoms with E-state index in [2.05, 4.69) is 27.3 Å². The Morgan fingerprint density at radius 3 is 2.43 bits per heavy atom. The van der Waals surface area contributed by atoms with Gasteiger partial charge in [-0.2, -0.15) is 0 Å². The summed E-state index contributed by atoms with van der Waals surface area (Å²) in [6.07, 6.45) is 0. The molecular weight excluding hydrogens is 453 g/mol. The van der Waals surface area contributed by atoms with E-state index in [9.17, 15) is 13.2 Å². The molecule has 0 atom stereocenters. The normalized spacial score (nSPS) is 11.1. The lowest BCUT2D eigenvalue weighted by molar-refractivity contribution is -0.138. The van der Waals surface area contributed by atoms with E-state index in [0.717, 1.165) is 7.88 Å². The average Bonchev–Trinajstić information content (AvgIpc) is 2.52. The van der Waals surface area contributed by atoms with E-state index in [4.69, 9.17) is 11.6 Å². The molecule has 0 saturated heterocycles. The van der Waals surface area contributed by atoms with Crippen LogP contribution < -0.4 is 4.31 Å². The second-order valence-electron chi connectivity index (χ2n) is 4.52. The Morgan fingerprint density at radius 1 is 1.22 bits per heavy atom. The van der Waals surface area contributed by atoms with Crippen molar-refractivity contribution in [2.24, 2.45) is 0 Å². The first kappa shape index (κ1) is 18.0. The van der Waals surface area contributed by atoms with Gasteiger partial charge >= 0.3 is 5.97 Å². The number of halogens is 2. The van der Waals surface area contributed by atoms with Crippen LogP contribution in [0.25, 0.3) is 0 Å². The molecule has 122 valence electrons. The molecule has 0 N–H and O–H groups in total. The second kappa shape index (κ2) is 7.50. The predicted octanol–water partition coefficient (Wildman–Crippen LogP) is 3.31. The van der Waals surface area contributed by atoms with Crippen LogP contribution in [-0.4, -0.2) is 28.0 Å². The van der Waals surface area contributed by atoms with Gasteiger partial charge in [-0.05, 0) is 65.1 Å². The summed E-state index contributed by atoms with van der Waals surface area (Å²) in [5.41, 5.74) is 0.386. The zero-order valence-electron chi connectivity index (χ0n) is 12.1. The Bertz CT molecular complexity index is 808. The molecule has 0 heterocycles. The van der Waals surface area contributed by atoms with E-state index in [1.54, 1.807) is 18.2 Å². The van der Waals surface area contributed by atoms with E-state index in [-0.39, 0.29) is 4.90 Å². The number of rotatable bonds is 5. The van der Waals surface area contributed by atoms with Crippen LogP contribution in [0.1, 0.15) is 0 Å².